The molecular weight excluding hydrogens is 346 g/mol. The number of carbonyl (C=O) groups is 1. The summed E-state index contributed by atoms with van der Waals surface area (Å²) >= 11 is 0. The maximum atomic E-state index is 12.7. The van der Waals surface area contributed by atoms with Crippen molar-refractivity contribution >= 4 is 21.8 Å². The zero-order valence-electron chi connectivity index (χ0n) is 14.0. The van der Waals surface area contributed by atoms with Crippen molar-refractivity contribution in [2.75, 3.05) is 31.1 Å². The molecule has 1 saturated heterocycles. The van der Waals surface area contributed by atoms with Crippen LogP contribution >= 0.6 is 0 Å². The lowest BCUT2D eigenvalue weighted by atomic mass is 10.3. The van der Waals surface area contributed by atoms with Crippen molar-refractivity contribution in [3.05, 3.63) is 35.9 Å². The standard InChI is InChI=1S/C15H19N5O4S/c1-11-16-14(10-18(11)2)25(23,24)20-8-6-19(7-9-20)13-5-3-4-12(17-13)15(21)22/h3-5,10H,6-9H2,1-2H3,(H,21,22). The van der Waals surface area contributed by atoms with Gasteiger partial charge in [0.05, 0.1) is 0 Å². The largest absolute Gasteiger partial charge is 0.477 e. The number of carboxylic acids is 1. The second-order valence-electron chi connectivity index (χ2n) is 5.81. The summed E-state index contributed by atoms with van der Waals surface area (Å²) in [5.41, 5.74) is -0.0310. The fourth-order valence-corrected chi connectivity index (χ4v) is 4.11. The molecular formula is C15H19N5O4S. The summed E-state index contributed by atoms with van der Waals surface area (Å²) < 4.78 is 28.4. The van der Waals surface area contributed by atoms with E-state index in [0.29, 0.717) is 24.7 Å². The number of imidazole rings is 1. The summed E-state index contributed by atoms with van der Waals surface area (Å²) in [5.74, 6) is 0.0751. The molecule has 0 amide bonds. The van der Waals surface area contributed by atoms with E-state index in [1.807, 2.05) is 4.90 Å². The Kier molecular flexibility index (Phi) is 4.48. The molecule has 1 N–H and O–H groups in total. The fourth-order valence-electron chi connectivity index (χ4n) is 2.66. The molecule has 3 rings (SSSR count). The lowest BCUT2D eigenvalue weighted by molar-refractivity contribution is 0.0690. The van der Waals surface area contributed by atoms with Crippen molar-refractivity contribution in [1.29, 1.82) is 0 Å². The van der Waals surface area contributed by atoms with E-state index in [-0.39, 0.29) is 23.8 Å². The van der Waals surface area contributed by atoms with E-state index in [1.165, 1.54) is 16.6 Å². The topological polar surface area (TPSA) is 109 Å². The molecule has 0 radical (unpaired) electrons. The van der Waals surface area contributed by atoms with Crippen molar-refractivity contribution in [2.24, 2.45) is 7.05 Å². The summed E-state index contributed by atoms with van der Waals surface area (Å²) in [7, 11) is -1.88. The summed E-state index contributed by atoms with van der Waals surface area (Å²) in [6, 6.07) is 4.78. The normalized spacial score (nSPS) is 16.2. The first-order valence-electron chi connectivity index (χ1n) is 7.74. The zero-order valence-corrected chi connectivity index (χ0v) is 14.8. The van der Waals surface area contributed by atoms with Crippen LogP contribution in [0.15, 0.2) is 29.4 Å². The van der Waals surface area contributed by atoms with Gasteiger partial charge in [-0.1, -0.05) is 6.07 Å². The number of hydrogen-bond donors (Lipinski definition) is 1. The van der Waals surface area contributed by atoms with Gasteiger partial charge in [-0.25, -0.2) is 23.2 Å². The Labute approximate surface area is 145 Å². The second kappa shape index (κ2) is 6.45. The highest BCUT2D eigenvalue weighted by molar-refractivity contribution is 7.89. The first-order chi connectivity index (χ1) is 11.8. The fraction of sp³-hybridized carbons (Fsp3) is 0.400. The van der Waals surface area contributed by atoms with E-state index in [2.05, 4.69) is 9.97 Å². The Balaban J connectivity index is 1.73. The molecule has 0 atom stereocenters. The third kappa shape index (κ3) is 3.35. The van der Waals surface area contributed by atoms with Gasteiger partial charge in [-0.3, -0.25) is 0 Å². The van der Waals surface area contributed by atoms with Crippen molar-refractivity contribution in [3.63, 3.8) is 0 Å². The number of anilines is 1. The number of piperazine rings is 1. The van der Waals surface area contributed by atoms with Crippen molar-refractivity contribution in [2.45, 2.75) is 11.9 Å². The molecule has 3 heterocycles. The Bertz CT molecular complexity index is 881. The van der Waals surface area contributed by atoms with Gasteiger partial charge in [0.2, 0.25) is 0 Å². The van der Waals surface area contributed by atoms with Gasteiger partial charge in [0.1, 0.15) is 11.6 Å². The van der Waals surface area contributed by atoms with E-state index in [9.17, 15) is 13.2 Å². The minimum atomic E-state index is -3.63. The van der Waals surface area contributed by atoms with Crippen LogP contribution in [0.25, 0.3) is 0 Å². The van der Waals surface area contributed by atoms with Crippen LogP contribution in [0.3, 0.4) is 0 Å². The predicted octanol–water partition coefficient (Wildman–Crippen LogP) is 0.333. The van der Waals surface area contributed by atoms with Gasteiger partial charge in [-0.05, 0) is 19.1 Å². The monoisotopic (exact) mass is 365 g/mol. The zero-order chi connectivity index (χ0) is 18.2. The highest BCUT2D eigenvalue weighted by Crippen LogP contribution is 2.20. The molecule has 0 saturated carbocycles. The molecule has 134 valence electrons. The summed E-state index contributed by atoms with van der Waals surface area (Å²) in [4.78, 5) is 21.1. The lowest BCUT2D eigenvalue weighted by Gasteiger charge is -2.34. The molecule has 0 bridgehead atoms. The van der Waals surface area contributed by atoms with Crippen LogP contribution in [0, 0.1) is 6.92 Å². The van der Waals surface area contributed by atoms with E-state index in [0.717, 1.165) is 0 Å². The van der Waals surface area contributed by atoms with E-state index in [4.69, 9.17) is 5.11 Å². The number of rotatable bonds is 4. The Morgan fingerprint density at radius 2 is 1.84 bits per heavy atom. The molecule has 9 nitrogen and oxygen atoms in total. The van der Waals surface area contributed by atoms with Gasteiger partial charge < -0.3 is 14.6 Å². The number of sulfonamides is 1. The summed E-state index contributed by atoms with van der Waals surface area (Å²) in [6.07, 6.45) is 1.51. The average Bonchev–Trinajstić information content (AvgIpc) is 2.95. The van der Waals surface area contributed by atoms with E-state index >= 15 is 0 Å². The number of pyridine rings is 1. The van der Waals surface area contributed by atoms with Gasteiger partial charge >= 0.3 is 5.97 Å². The van der Waals surface area contributed by atoms with Crippen LogP contribution in [0.5, 0.6) is 0 Å². The Hall–Kier alpha value is -2.46. The average molecular weight is 365 g/mol. The molecule has 1 aliphatic heterocycles. The van der Waals surface area contributed by atoms with Gasteiger partial charge in [-0.15, -0.1) is 0 Å². The third-order valence-corrected chi connectivity index (χ3v) is 5.98. The van der Waals surface area contributed by atoms with Crippen LogP contribution in [-0.4, -0.2) is 64.5 Å². The molecule has 0 unspecified atom stereocenters. The van der Waals surface area contributed by atoms with Crippen molar-refractivity contribution in [3.8, 4) is 0 Å². The van der Waals surface area contributed by atoms with Crippen molar-refractivity contribution in [1.82, 2.24) is 18.8 Å². The number of aromatic nitrogens is 3. The molecule has 10 heteroatoms. The molecule has 0 aliphatic carbocycles. The quantitative estimate of drug-likeness (QED) is 0.832. The minimum Gasteiger partial charge on any atom is -0.477 e. The molecule has 2 aromatic rings. The molecule has 1 aliphatic rings. The van der Waals surface area contributed by atoms with Gasteiger partial charge in [0, 0.05) is 39.4 Å². The van der Waals surface area contributed by atoms with Crippen LogP contribution in [-0.2, 0) is 17.1 Å². The maximum Gasteiger partial charge on any atom is 0.354 e. The third-order valence-electron chi connectivity index (χ3n) is 4.21. The number of hydrogen-bond acceptors (Lipinski definition) is 6. The predicted molar refractivity (Wildman–Crippen MR) is 90.1 cm³/mol. The second-order valence-corrected chi connectivity index (χ2v) is 7.70. The maximum absolute atomic E-state index is 12.7. The molecule has 1 fully saturated rings. The van der Waals surface area contributed by atoms with Gasteiger partial charge in [0.15, 0.2) is 10.7 Å². The first kappa shape index (κ1) is 17.4. The minimum absolute atomic E-state index is 0.0310. The van der Waals surface area contributed by atoms with Crippen molar-refractivity contribution < 1.29 is 18.3 Å². The molecule has 0 spiro atoms. The van der Waals surface area contributed by atoms with E-state index < -0.39 is 16.0 Å². The van der Waals surface area contributed by atoms with Gasteiger partial charge in [0.25, 0.3) is 10.0 Å². The van der Waals surface area contributed by atoms with Crippen LogP contribution < -0.4 is 4.90 Å². The molecule has 2 aromatic heterocycles. The number of nitrogens with zero attached hydrogens (tertiary/aromatic N) is 5. The summed E-state index contributed by atoms with van der Waals surface area (Å²) in [5, 5.41) is 9.08. The Morgan fingerprint density at radius 3 is 2.40 bits per heavy atom. The van der Waals surface area contributed by atoms with E-state index in [1.54, 1.807) is 30.7 Å². The summed E-state index contributed by atoms with van der Waals surface area (Å²) in [6.45, 7) is 3.19. The van der Waals surface area contributed by atoms with Crippen LogP contribution in [0.2, 0.25) is 0 Å². The van der Waals surface area contributed by atoms with Crippen LogP contribution in [0.1, 0.15) is 16.3 Å². The number of carboxylic acid groups (broad SMARTS) is 1. The smallest absolute Gasteiger partial charge is 0.354 e. The molecule has 0 aromatic carbocycles. The highest BCUT2D eigenvalue weighted by atomic mass is 32.2. The molecule has 25 heavy (non-hydrogen) atoms. The van der Waals surface area contributed by atoms with Gasteiger partial charge in [-0.2, -0.15) is 4.31 Å². The number of aryl methyl sites for hydroxylation is 2. The first-order valence-corrected chi connectivity index (χ1v) is 9.18. The number of aromatic carboxylic acids is 1. The lowest BCUT2D eigenvalue weighted by Crippen LogP contribution is -2.49. The SMILES string of the molecule is Cc1nc(S(=O)(=O)N2CCN(c3cccc(C(=O)O)n3)CC2)cn1C. The highest BCUT2D eigenvalue weighted by Gasteiger charge is 2.31. The Morgan fingerprint density at radius 1 is 1.16 bits per heavy atom. The van der Waals surface area contributed by atoms with Crippen LogP contribution in [0.4, 0.5) is 5.82 Å².